The molecule has 0 aliphatic carbocycles. The molecule has 1 aromatic heterocycles. The second kappa shape index (κ2) is 8.62. The number of aryl methyl sites for hydroxylation is 1. The lowest BCUT2D eigenvalue weighted by Gasteiger charge is -2.17. The first-order valence-corrected chi connectivity index (χ1v) is 7.34. The minimum atomic E-state index is -0.270. The van der Waals surface area contributed by atoms with Crippen molar-refractivity contribution < 1.29 is 14.3 Å². The summed E-state index contributed by atoms with van der Waals surface area (Å²) >= 11 is 5.96. The van der Waals surface area contributed by atoms with E-state index >= 15 is 0 Å². The Morgan fingerprint density at radius 2 is 2.10 bits per heavy atom. The molecule has 0 bridgehead atoms. The minimum Gasteiger partial charge on any atom is -0.469 e. The van der Waals surface area contributed by atoms with Crippen LogP contribution in [-0.4, -0.2) is 42.5 Å². The molecule has 0 saturated heterocycles. The van der Waals surface area contributed by atoms with E-state index in [1.54, 1.807) is 24.1 Å². The molecule has 0 fully saturated rings. The van der Waals surface area contributed by atoms with Crippen LogP contribution >= 0.6 is 11.6 Å². The molecule has 1 rings (SSSR count). The molecule has 0 N–H and O–H groups in total. The van der Waals surface area contributed by atoms with E-state index in [0.717, 1.165) is 18.5 Å². The van der Waals surface area contributed by atoms with Crippen molar-refractivity contribution in [1.82, 2.24) is 9.88 Å². The molecular formula is C15H21ClN2O3. The third-order valence-corrected chi connectivity index (χ3v) is 3.24. The van der Waals surface area contributed by atoms with Gasteiger partial charge in [0.15, 0.2) is 0 Å². The summed E-state index contributed by atoms with van der Waals surface area (Å²) in [6.07, 6.45) is 2.59. The molecule has 1 amide bonds. The van der Waals surface area contributed by atoms with Gasteiger partial charge in [0.05, 0.1) is 7.11 Å². The quantitative estimate of drug-likeness (QED) is 0.574. The first kappa shape index (κ1) is 17.4. The van der Waals surface area contributed by atoms with E-state index in [2.05, 4.69) is 9.72 Å². The van der Waals surface area contributed by atoms with Gasteiger partial charge < -0.3 is 9.64 Å². The number of carbonyl (C=O) groups excluding carboxylic acids is 2. The van der Waals surface area contributed by atoms with Gasteiger partial charge in [0.1, 0.15) is 5.15 Å². The van der Waals surface area contributed by atoms with E-state index < -0.39 is 0 Å². The molecule has 0 saturated carbocycles. The molecule has 0 aliphatic heterocycles. The number of carbonyl (C=O) groups is 2. The Morgan fingerprint density at radius 1 is 1.38 bits per heavy atom. The van der Waals surface area contributed by atoms with E-state index in [4.69, 9.17) is 11.6 Å². The van der Waals surface area contributed by atoms with Crippen molar-refractivity contribution in [3.05, 3.63) is 28.5 Å². The van der Waals surface area contributed by atoms with E-state index in [0.29, 0.717) is 30.1 Å². The lowest BCUT2D eigenvalue weighted by molar-refractivity contribution is -0.140. The first-order chi connectivity index (χ1) is 9.97. The number of rotatable bonds is 7. The zero-order valence-electron chi connectivity index (χ0n) is 12.7. The molecule has 6 heteroatoms. The second-order valence-electron chi connectivity index (χ2n) is 4.83. The Balaban J connectivity index is 2.67. The molecule has 0 radical (unpaired) electrons. The number of methoxy groups -OCH3 is 1. The fourth-order valence-electron chi connectivity index (χ4n) is 1.94. The maximum atomic E-state index is 12.3. The highest BCUT2D eigenvalue weighted by Gasteiger charge is 2.14. The largest absolute Gasteiger partial charge is 0.469 e. The van der Waals surface area contributed by atoms with Crippen LogP contribution in [0.2, 0.25) is 5.15 Å². The van der Waals surface area contributed by atoms with Crippen LogP contribution in [0.3, 0.4) is 0 Å². The Kier molecular flexibility index (Phi) is 7.15. The molecule has 1 aromatic rings. The molecule has 0 unspecified atom stereocenters. The van der Waals surface area contributed by atoms with E-state index in [-0.39, 0.29) is 11.9 Å². The highest BCUT2D eigenvalue weighted by molar-refractivity contribution is 6.29. The zero-order valence-corrected chi connectivity index (χ0v) is 13.4. The van der Waals surface area contributed by atoms with E-state index in [1.165, 1.54) is 7.11 Å². The Hall–Kier alpha value is -1.62. The van der Waals surface area contributed by atoms with Crippen molar-refractivity contribution in [2.75, 3.05) is 20.7 Å². The molecule has 0 atom stereocenters. The zero-order chi connectivity index (χ0) is 15.8. The average Bonchev–Trinajstić information content (AvgIpc) is 2.45. The lowest BCUT2D eigenvalue weighted by Crippen LogP contribution is -2.28. The van der Waals surface area contributed by atoms with Gasteiger partial charge in [-0.15, -0.1) is 0 Å². The number of pyridine rings is 1. The molecule has 116 valence electrons. The smallest absolute Gasteiger partial charge is 0.305 e. The van der Waals surface area contributed by atoms with Crippen LogP contribution in [-0.2, 0) is 16.0 Å². The van der Waals surface area contributed by atoms with Crippen molar-refractivity contribution in [3.63, 3.8) is 0 Å². The molecule has 5 nitrogen and oxygen atoms in total. The van der Waals surface area contributed by atoms with Gasteiger partial charge in [-0.05, 0) is 25.0 Å². The van der Waals surface area contributed by atoms with Gasteiger partial charge in [-0.3, -0.25) is 9.59 Å². The maximum Gasteiger partial charge on any atom is 0.305 e. The number of hydrogen-bond acceptors (Lipinski definition) is 4. The number of esters is 1. The summed E-state index contributed by atoms with van der Waals surface area (Å²) in [6.45, 7) is 2.53. The van der Waals surface area contributed by atoms with Crippen molar-refractivity contribution in [1.29, 1.82) is 0 Å². The van der Waals surface area contributed by atoms with Crippen molar-refractivity contribution in [3.8, 4) is 0 Å². The summed E-state index contributed by atoms with van der Waals surface area (Å²) in [5.74, 6) is -0.394. The van der Waals surface area contributed by atoms with Crippen LogP contribution in [0.5, 0.6) is 0 Å². The normalized spacial score (nSPS) is 10.3. The molecular weight excluding hydrogens is 292 g/mol. The van der Waals surface area contributed by atoms with Crippen LogP contribution in [0.4, 0.5) is 0 Å². The number of hydrogen-bond donors (Lipinski definition) is 0. The number of ether oxygens (including phenoxy) is 1. The predicted octanol–water partition coefficient (Wildman–Crippen LogP) is 2.71. The molecule has 0 aromatic carbocycles. The second-order valence-corrected chi connectivity index (χ2v) is 5.21. The molecule has 21 heavy (non-hydrogen) atoms. The van der Waals surface area contributed by atoms with Crippen molar-refractivity contribution in [2.24, 2.45) is 0 Å². The monoisotopic (exact) mass is 312 g/mol. The van der Waals surface area contributed by atoms with Crippen LogP contribution < -0.4 is 0 Å². The third kappa shape index (κ3) is 5.71. The van der Waals surface area contributed by atoms with Gasteiger partial charge in [0.2, 0.25) is 0 Å². The van der Waals surface area contributed by atoms with Gasteiger partial charge in [-0.2, -0.15) is 0 Å². The number of nitrogens with zero attached hydrogens (tertiary/aromatic N) is 2. The van der Waals surface area contributed by atoms with Crippen LogP contribution in [0.1, 0.15) is 42.2 Å². The number of halogens is 1. The summed E-state index contributed by atoms with van der Waals surface area (Å²) in [6, 6.07) is 3.34. The molecule has 0 aliphatic rings. The number of amides is 1. The topological polar surface area (TPSA) is 59.5 Å². The fraction of sp³-hybridized carbons (Fsp3) is 0.533. The van der Waals surface area contributed by atoms with Gasteiger partial charge >= 0.3 is 5.97 Å². The first-order valence-electron chi connectivity index (χ1n) is 6.96. The number of aromatic nitrogens is 1. The maximum absolute atomic E-state index is 12.3. The van der Waals surface area contributed by atoms with Crippen LogP contribution in [0, 0.1) is 0 Å². The Morgan fingerprint density at radius 3 is 2.71 bits per heavy atom. The summed E-state index contributed by atoms with van der Waals surface area (Å²) < 4.78 is 4.57. The summed E-state index contributed by atoms with van der Waals surface area (Å²) in [5.41, 5.74) is 1.34. The van der Waals surface area contributed by atoms with E-state index in [1.807, 2.05) is 6.92 Å². The highest BCUT2D eigenvalue weighted by atomic mass is 35.5. The summed E-state index contributed by atoms with van der Waals surface area (Å²) in [4.78, 5) is 29.1. The lowest BCUT2D eigenvalue weighted by atomic mass is 10.1. The van der Waals surface area contributed by atoms with Gasteiger partial charge in [-0.25, -0.2) is 4.98 Å². The average molecular weight is 313 g/mol. The summed E-state index contributed by atoms with van der Waals surface area (Å²) in [7, 11) is 3.05. The molecule has 0 spiro atoms. The van der Waals surface area contributed by atoms with Crippen molar-refractivity contribution >= 4 is 23.5 Å². The van der Waals surface area contributed by atoms with Gasteiger partial charge in [0, 0.05) is 31.3 Å². The van der Waals surface area contributed by atoms with Crippen LogP contribution in [0.25, 0.3) is 0 Å². The van der Waals surface area contributed by atoms with Crippen molar-refractivity contribution in [2.45, 2.75) is 32.6 Å². The minimum absolute atomic E-state index is 0.124. The Labute approximate surface area is 130 Å². The van der Waals surface area contributed by atoms with Gasteiger partial charge in [0.25, 0.3) is 5.91 Å². The SMILES string of the molecule is CCCc1cc(C(=O)N(C)CCCC(=O)OC)cc(Cl)n1. The highest BCUT2D eigenvalue weighted by Crippen LogP contribution is 2.14. The fourth-order valence-corrected chi connectivity index (χ4v) is 2.17. The Bertz CT molecular complexity index is 506. The van der Waals surface area contributed by atoms with Crippen LogP contribution in [0.15, 0.2) is 12.1 Å². The summed E-state index contributed by atoms with van der Waals surface area (Å²) in [5, 5.41) is 0.326. The predicted molar refractivity (Wildman–Crippen MR) is 81.5 cm³/mol. The van der Waals surface area contributed by atoms with Gasteiger partial charge in [-0.1, -0.05) is 24.9 Å². The molecule has 1 heterocycles. The third-order valence-electron chi connectivity index (χ3n) is 3.05. The van der Waals surface area contributed by atoms with E-state index in [9.17, 15) is 9.59 Å². The standard InChI is InChI=1S/C15H21ClN2O3/c1-4-6-12-9-11(10-13(16)17-12)15(20)18(2)8-5-7-14(19)21-3/h9-10H,4-8H2,1-3H3.